The van der Waals surface area contributed by atoms with Crippen LogP contribution in [0, 0.1) is 0 Å². The lowest BCUT2D eigenvalue weighted by atomic mass is 9.96. The first-order valence-electron chi connectivity index (χ1n) is 11.6. The van der Waals surface area contributed by atoms with E-state index in [9.17, 15) is 9.90 Å². The van der Waals surface area contributed by atoms with Gasteiger partial charge in [-0.25, -0.2) is 0 Å². The molecule has 0 aliphatic rings. The number of carbonyl (C=O) groups excluding carboxylic acids is 1. The molecule has 0 aliphatic heterocycles. The third kappa shape index (κ3) is 8.81. The summed E-state index contributed by atoms with van der Waals surface area (Å²) in [4.78, 5) is 15.1. The predicted molar refractivity (Wildman–Crippen MR) is 139 cm³/mol. The van der Waals surface area contributed by atoms with Gasteiger partial charge in [-0.1, -0.05) is 124 Å². The molecule has 0 aliphatic carbocycles. The van der Waals surface area contributed by atoms with Crippen LogP contribution in [0.5, 0.6) is 0 Å². The molecule has 3 nitrogen and oxygen atoms in total. The number of thioether (sulfide) groups is 1. The highest BCUT2D eigenvalue weighted by Gasteiger charge is 2.30. The van der Waals surface area contributed by atoms with Gasteiger partial charge in [0.05, 0.1) is 6.10 Å². The summed E-state index contributed by atoms with van der Waals surface area (Å²) in [6.45, 7) is 7.48. The van der Waals surface area contributed by atoms with E-state index in [1.165, 1.54) is 22.9 Å². The van der Waals surface area contributed by atoms with Crippen LogP contribution in [0.1, 0.15) is 43.9 Å². The normalized spacial score (nSPS) is 13.6. The zero-order chi connectivity index (χ0) is 23.7. The number of nitrogens with zero attached hydrogens (tertiary/aromatic N) is 1. The van der Waals surface area contributed by atoms with Crippen LogP contribution < -0.4 is 0 Å². The van der Waals surface area contributed by atoms with Crippen LogP contribution in [0.25, 0.3) is 0 Å². The Labute approximate surface area is 202 Å². The molecule has 33 heavy (non-hydrogen) atoms. The molecule has 0 unspecified atom stereocenters. The van der Waals surface area contributed by atoms with E-state index in [4.69, 9.17) is 0 Å². The number of carbonyl (C=O) groups is 1. The molecule has 4 heteroatoms. The van der Waals surface area contributed by atoms with Crippen molar-refractivity contribution in [1.82, 2.24) is 4.90 Å². The summed E-state index contributed by atoms with van der Waals surface area (Å²) >= 11 is 1.31. The summed E-state index contributed by atoms with van der Waals surface area (Å²) in [6.07, 6.45) is 0.0502. The molecule has 3 rings (SSSR count). The van der Waals surface area contributed by atoms with Gasteiger partial charge in [0.25, 0.3) is 0 Å². The Morgan fingerprint density at radius 3 is 1.64 bits per heavy atom. The van der Waals surface area contributed by atoms with Crippen molar-refractivity contribution in [1.29, 1.82) is 0 Å². The van der Waals surface area contributed by atoms with Gasteiger partial charge in [0.2, 0.25) is 0 Å². The van der Waals surface area contributed by atoms with Gasteiger partial charge in [-0.2, -0.15) is 0 Å². The quantitative estimate of drug-likeness (QED) is 0.395. The Morgan fingerprint density at radius 2 is 1.21 bits per heavy atom. The molecule has 174 valence electrons. The maximum Gasteiger partial charge on any atom is 0.192 e. The molecule has 0 saturated heterocycles. The summed E-state index contributed by atoms with van der Waals surface area (Å²) in [5.41, 5.74) is 3.53. The molecule has 3 aromatic carbocycles. The van der Waals surface area contributed by atoms with Crippen LogP contribution in [0.4, 0.5) is 0 Å². The molecule has 0 aromatic heterocycles. The first-order chi connectivity index (χ1) is 15.8. The Balaban J connectivity index is 1.89. The first kappa shape index (κ1) is 25.2. The Morgan fingerprint density at radius 1 is 0.788 bits per heavy atom. The van der Waals surface area contributed by atoms with Crippen LogP contribution in [-0.2, 0) is 24.3 Å². The van der Waals surface area contributed by atoms with E-state index < -0.39 is 6.10 Å². The number of hydrogen-bond donors (Lipinski definition) is 1. The molecule has 0 radical (unpaired) electrons. The van der Waals surface area contributed by atoms with Crippen LogP contribution in [0.3, 0.4) is 0 Å². The topological polar surface area (TPSA) is 40.5 Å². The average molecular weight is 462 g/mol. The van der Waals surface area contributed by atoms with Gasteiger partial charge in [-0.05, 0) is 23.1 Å². The second-order valence-electron chi connectivity index (χ2n) is 9.49. The summed E-state index contributed by atoms with van der Waals surface area (Å²) in [5, 5.41) is 11.4. The minimum Gasteiger partial charge on any atom is -0.391 e. The fourth-order valence-electron chi connectivity index (χ4n) is 3.98. The predicted octanol–water partition coefficient (Wildman–Crippen LogP) is 6.11. The van der Waals surface area contributed by atoms with E-state index in [0.717, 1.165) is 5.56 Å². The molecule has 3 aromatic rings. The molecular weight excluding hydrogens is 426 g/mol. The Bertz CT molecular complexity index is 929. The van der Waals surface area contributed by atoms with Gasteiger partial charge < -0.3 is 5.11 Å². The molecule has 0 spiro atoms. The van der Waals surface area contributed by atoms with Gasteiger partial charge in [0, 0.05) is 30.3 Å². The maximum absolute atomic E-state index is 12.7. The van der Waals surface area contributed by atoms with Gasteiger partial charge in [0.1, 0.15) is 0 Å². The van der Waals surface area contributed by atoms with Gasteiger partial charge in [-0.3, -0.25) is 9.69 Å². The lowest BCUT2D eigenvalue weighted by Gasteiger charge is -2.35. The Kier molecular flexibility index (Phi) is 9.30. The summed E-state index contributed by atoms with van der Waals surface area (Å²) in [6, 6.07) is 30.7. The summed E-state index contributed by atoms with van der Waals surface area (Å²) in [7, 11) is 0. The molecule has 1 N–H and O–H groups in total. The zero-order valence-electron chi connectivity index (χ0n) is 19.9. The second-order valence-corrected chi connectivity index (χ2v) is 11.4. The highest BCUT2D eigenvalue weighted by Crippen LogP contribution is 2.28. The van der Waals surface area contributed by atoms with Crippen molar-refractivity contribution in [3.05, 3.63) is 108 Å². The van der Waals surface area contributed by atoms with Crippen LogP contribution in [0.2, 0.25) is 0 Å². The standard InChI is InChI=1S/C29H35NO2S/c1-29(2,3)33-28(32)20-27(31)26(19-23-13-7-4-8-14-23)30(21-24-15-9-5-10-16-24)22-25-17-11-6-12-18-25/h4-18,26-27,31H,19-22H2,1-3H3/t26-,27-/m1/s1. The minimum atomic E-state index is -0.764. The van der Waals surface area contributed by atoms with E-state index in [2.05, 4.69) is 41.3 Å². The third-order valence-electron chi connectivity index (χ3n) is 5.45. The van der Waals surface area contributed by atoms with Crippen molar-refractivity contribution in [3.63, 3.8) is 0 Å². The SMILES string of the molecule is CC(C)(C)SC(=O)C[C@@H](O)[C@@H](Cc1ccccc1)N(Cc1ccccc1)Cc1ccccc1. The van der Waals surface area contributed by atoms with Crippen LogP contribution >= 0.6 is 11.8 Å². The van der Waals surface area contributed by atoms with Crippen molar-refractivity contribution in [2.24, 2.45) is 0 Å². The van der Waals surface area contributed by atoms with Gasteiger partial charge in [-0.15, -0.1) is 0 Å². The fourth-order valence-corrected chi connectivity index (χ4v) is 4.92. The second kappa shape index (κ2) is 12.2. The third-order valence-corrected chi connectivity index (χ3v) is 6.46. The zero-order valence-corrected chi connectivity index (χ0v) is 20.7. The number of aliphatic hydroxyl groups is 1. The van der Waals surface area contributed by atoms with Crippen LogP contribution in [-0.4, -0.2) is 32.0 Å². The van der Waals surface area contributed by atoms with Crippen molar-refractivity contribution in [2.45, 2.75) is 63.6 Å². The van der Waals surface area contributed by atoms with Crippen molar-refractivity contribution in [2.75, 3.05) is 0 Å². The molecule has 0 saturated carbocycles. The molecule has 0 heterocycles. The van der Waals surface area contributed by atoms with Gasteiger partial charge in [0.15, 0.2) is 5.12 Å². The molecular formula is C29H35NO2S. The lowest BCUT2D eigenvalue weighted by molar-refractivity contribution is -0.113. The van der Waals surface area contributed by atoms with E-state index >= 15 is 0 Å². The number of rotatable bonds is 10. The largest absolute Gasteiger partial charge is 0.391 e. The maximum atomic E-state index is 12.7. The van der Waals surface area contributed by atoms with E-state index in [1.54, 1.807) is 0 Å². The highest BCUT2D eigenvalue weighted by molar-refractivity contribution is 8.14. The molecule has 2 atom stereocenters. The summed E-state index contributed by atoms with van der Waals surface area (Å²) < 4.78 is -0.167. The number of benzene rings is 3. The average Bonchev–Trinajstić information content (AvgIpc) is 2.78. The van der Waals surface area contributed by atoms with E-state index in [-0.39, 0.29) is 22.3 Å². The van der Waals surface area contributed by atoms with E-state index in [1.807, 2.05) is 75.4 Å². The van der Waals surface area contributed by atoms with Gasteiger partial charge >= 0.3 is 0 Å². The van der Waals surface area contributed by atoms with E-state index in [0.29, 0.717) is 19.5 Å². The molecule has 0 bridgehead atoms. The molecule has 0 amide bonds. The lowest BCUT2D eigenvalue weighted by Crippen LogP contribution is -2.45. The Hall–Kier alpha value is -2.40. The smallest absolute Gasteiger partial charge is 0.192 e. The van der Waals surface area contributed by atoms with Crippen LogP contribution in [0.15, 0.2) is 91.0 Å². The number of aliphatic hydroxyl groups excluding tert-OH is 1. The summed E-state index contributed by atoms with van der Waals surface area (Å²) in [5.74, 6) is 0. The monoisotopic (exact) mass is 461 g/mol. The molecule has 0 fully saturated rings. The van der Waals surface area contributed by atoms with Crippen molar-refractivity contribution < 1.29 is 9.90 Å². The van der Waals surface area contributed by atoms with Crippen molar-refractivity contribution in [3.8, 4) is 0 Å². The fraction of sp³-hybridized carbons (Fsp3) is 0.345. The first-order valence-corrected chi connectivity index (χ1v) is 12.4. The van der Waals surface area contributed by atoms with Crippen molar-refractivity contribution >= 4 is 16.9 Å². The minimum absolute atomic E-state index is 0.0347. The highest BCUT2D eigenvalue weighted by atomic mass is 32.2. The number of hydrogen-bond acceptors (Lipinski definition) is 4.